The predicted molar refractivity (Wildman–Crippen MR) is 43.2 cm³/mol. The summed E-state index contributed by atoms with van der Waals surface area (Å²) in [7, 11) is 0. The fourth-order valence-corrected chi connectivity index (χ4v) is 0.710. The van der Waals surface area contributed by atoms with Crippen molar-refractivity contribution >= 4 is 12.4 Å². The molecule has 0 heterocycles. The summed E-state index contributed by atoms with van der Waals surface area (Å²) in [6.45, 7) is 0.228. The Labute approximate surface area is 70.2 Å². The first-order valence-corrected chi connectivity index (χ1v) is 2.91. The minimum atomic E-state index is -0.449. The average molecular weight is 178 g/mol. The second-order valence-electron chi connectivity index (χ2n) is 1.98. The second-order valence-corrected chi connectivity index (χ2v) is 1.98. The highest BCUT2D eigenvalue weighted by Gasteiger charge is 1.98. The molecule has 0 bridgehead atoms. The van der Waals surface area contributed by atoms with Crippen molar-refractivity contribution in [2.45, 2.75) is 6.54 Å². The summed E-state index contributed by atoms with van der Waals surface area (Å²) in [4.78, 5) is 0. The fraction of sp³-hybridized carbons (Fsp3) is 0.143. The van der Waals surface area contributed by atoms with Gasteiger partial charge in [-0.15, -0.1) is 12.4 Å². The molecule has 0 spiro atoms. The van der Waals surface area contributed by atoms with E-state index in [0.717, 1.165) is 6.07 Å². The average Bonchev–Trinajstić information content (AvgIpc) is 1.88. The van der Waals surface area contributed by atoms with Crippen molar-refractivity contribution in [3.05, 3.63) is 29.6 Å². The molecular weight excluding hydrogens is 169 g/mol. The zero-order valence-corrected chi connectivity index (χ0v) is 6.57. The van der Waals surface area contributed by atoms with Crippen LogP contribution in [0.2, 0.25) is 0 Å². The molecule has 1 aromatic carbocycles. The summed E-state index contributed by atoms with van der Waals surface area (Å²) in [6.07, 6.45) is 0. The van der Waals surface area contributed by atoms with E-state index < -0.39 is 5.82 Å². The van der Waals surface area contributed by atoms with Gasteiger partial charge in [0.25, 0.3) is 0 Å². The van der Waals surface area contributed by atoms with E-state index in [9.17, 15) is 4.39 Å². The number of halogens is 2. The van der Waals surface area contributed by atoms with Crippen molar-refractivity contribution in [3.63, 3.8) is 0 Å². The monoisotopic (exact) mass is 177 g/mol. The molecule has 0 aromatic heterocycles. The van der Waals surface area contributed by atoms with Gasteiger partial charge in [-0.1, -0.05) is 6.07 Å². The van der Waals surface area contributed by atoms with E-state index >= 15 is 0 Å². The molecule has 62 valence electrons. The summed E-state index contributed by atoms with van der Waals surface area (Å²) in [5.74, 6) is -0.530. The van der Waals surface area contributed by atoms with Gasteiger partial charge in [-0.05, 0) is 6.07 Å². The Morgan fingerprint density at radius 3 is 2.55 bits per heavy atom. The predicted octanol–water partition coefficient (Wildman–Crippen LogP) is 1.41. The minimum absolute atomic E-state index is 0. The molecule has 3 N–H and O–H groups in total. The zero-order chi connectivity index (χ0) is 7.56. The highest BCUT2D eigenvalue weighted by Crippen LogP contribution is 2.16. The molecule has 4 heteroatoms. The molecule has 0 atom stereocenters. The molecule has 1 rings (SSSR count). The number of aromatic hydroxyl groups is 1. The Morgan fingerprint density at radius 1 is 1.45 bits per heavy atom. The van der Waals surface area contributed by atoms with Crippen LogP contribution in [-0.4, -0.2) is 5.11 Å². The highest BCUT2D eigenvalue weighted by atomic mass is 35.5. The first kappa shape index (κ1) is 10.2. The Balaban J connectivity index is 0.000001000. The molecule has 0 fully saturated rings. The molecule has 1 aromatic rings. The van der Waals surface area contributed by atoms with E-state index in [1.54, 1.807) is 0 Å². The van der Waals surface area contributed by atoms with Gasteiger partial charge in [-0.2, -0.15) is 0 Å². The summed E-state index contributed by atoms with van der Waals surface area (Å²) < 4.78 is 12.3. The number of phenols is 1. The third-order valence-corrected chi connectivity index (χ3v) is 1.27. The number of rotatable bonds is 1. The number of nitrogens with two attached hydrogens (primary N) is 1. The van der Waals surface area contributed by atoms with Crippen molar-refractivity contribution in [1.82, 2.24) is 0 Å². The van der Waals surface area contributed by atoms with Gasteiger partial charge in [0.1, 0.15) is 11.6 Å². The third kappa shape index (κ3) is 2.37. The van der Waals surface area contributed by atoms with Gasteiger partial charge < -0.3 is 10.8 Å². The smallest absolute Gasteiger partial charge is 0.126 e. The molecule has 0 radical (unpaired) electrons. The van der Waals surface area contributed by atoms with Crippen LogP contribution in [0.25, 0.3) is 0 Å². The molecule has 0 saturated heterocycles. The summed E-state index contributed by atoms with van der Waals surface area (Å²) >= 11 is 0. The normalized spacial score (nSPS) is 8.91. The molecule has 0 aliphatic rings. The van der Waals surface area contributed by atoms with E-state index in [4.69, 9.17) is 10.8 Å². The molecule has 0 saturated carbocycles. The summed E-state index contributed by atoms with van der Waals surface area (Å²) in [5.41, 5.74) is 5.78. The van der Waals surface area contributed by atoms with Gasteiger partial charge in [-0.3, -0.25) is 0 Å². The Bertz CT molecular complexity index is 242. The van der Waals surface area contributed by atoms with Crippen LogP contribution in [0.1, 0.15) is 5.56 Å². The maximum absolute atomic E-state index is 12.3. The molecule has 0 unspecified atom stereocenters. The van der Waals surface area contributed by atoms with Gasteiger partial charge in [0.15, 0.2) is 0 Å². The molecular formula is C7H9ClFNO. The first-order valence-electron chi connectivity index (χ1n) is 2.91. The lowest BCUT2D eigenvalue weighted by Crippen LogP contribution is -1.96. The van der Waals surface area contributed by atoms with Crippen LogP contribution >= 0.6 is 12.4 Å². The van der Waals surface area contributed by atoms with Gasteiger partial charge in [0.2, 0.25) is 0 Å². The van der Waals surface area contributed by atoms with Crippen LogP contribution in [0, 0.1) is 5.82 Å². The van der Waals surface area contributed by atoms with E-state index in [1.807, 2.05) is 0 Å². The van der Waals surface area contributed by atoms with E-state index in [0.29, 0.717) is 5.56 Å². The maximum Gasteiger partial charge on any atom is 0.126 e. The molecule has 0 amide bonds. The van der Waals surface area contributed by atoms with Crippen LogP contribution < -0.4 is 5.73 Å². The van der Waals surface area contributed by atoms with Crippen LogP contribution in [0.5, 0.6) is 5.75 Å². The van der Waals surface area contributed by atoms with Crippen LogP contribution in [0.3, 0.4) is 0 Å². The standard InChI is InChI=1S/C7H8FNO.ClH/c8-6-2-1-5(4-9)7(10)3-6;/h1-3,10H,4,9H2;1H. The topological polar surface area (TPSA) is 46.2 Å². The largest absolute Gasteiger partial charge is 0.508 e. The maximum atomic E-state index is 12.3. The molecule has 0 aliphatic carbocycles. The Morgan fingerprint density at radius 2 is 2.09 bits per heavy atom. The first-order chi connectivity index (χ1) is 4.74. The number of benzene rings is 1. The van der Waals surface area contributed by atoms with Crippen molar-refractivity contribution in [3.8, 4) is 5.75 Å². The zero-order valence-electron chi connectivity index (χ0n) is 5.75. The number of hydrogen-bond donors (Lipinski definition) is 2. The summed E-state index contributed by atoms with van der Waals surface area (Å²) in [6, 6.07) is 3.77. The van der Waals surface area contributed by atoms with Crippen LogP contribution in [-0.2, 0) is 6.54 Å². The van der Waals surface area contributed by atoms with Crippen LogP contribution in [0.4, 0.5) is 4.39 Å². The molecule has 2 nitrogen and oxygen atoms in total. The van der Waals surface area contributed by atoms with E-state index in [1.165, 1.54) is 12.1 Å². The van der Waals surface area contributed by atoms with Crippen molar-refractivity contribution in [1.29, 1.82) is 0 Å². The number of phenolic OH excluding ortho intramolecular Hbond substituents is 1. The fourth-order valence-electron chi connectivity index (χ4n) is 0.710. The highest BCUT2D eigenvalue weighted by molar-refractivity contribution is 5.85. The minimum Gasteiger partial charge on any atom is -0.508 e. The van der Waals surface area contributed by atoms with Gasteiger partial charge in [-0.25, -0.2) is 4.39 Å². The SMILES string of the molecule is Cl.NCc1ccc(F)cc1O. The lowest BCUT2D eigenvalue weighted by atomic mass is 10.2. The van der Waals surface area contributed by atoms with E-state index in [2.05, 4.69) is 0 Å². The van der Waals surface area contributed by atoms with Crippen molar-refractivity contribution < 1.29 is 9.50 Å². The van der Waals surface area contributed by atoms with E-state index in [-0.39, 0.29) is 24.7 Å². The Kier molecular flexibility index (Phi) is 3.85. The quantitative estimate of drug-likeness (QED) is 0.682. The van der Waals surface area contributed by atoms with Gasteiger partial charge in [0.05, 0.1) is 0 Å². The van der Waals surface area contributed by atoms with Gasteiger partial charge in [0, 0.05) is 18.2 Å². The molecule has 11 heavy (non-hydrogen) atoms. The second kappa shape index (κ2) is 4.16. The number of hydrogen-bond acceptors (Lipinski definition) is 2. The van der Waals surface area contributed by atoms with Crippen LogP contribution in [0.15, 0.2) is 18.2 Å². The van der Waals surface area contributed by atoms with Crippen molar-refractivity contribution in [2.75, 3.05) is 0 Å². The van der Waals surface area contributed by atoms with Gasteiger partial charge >= 0.3 is 0 Å². The lowest BCUT2D eigenvalue weighted by Gasteiger charge is -1.98. The summed E-state index contributed by atoms with van der Waals surface area (Å²) in [5, 5.41) is 8.97. The van der Waals surface area contributed by atoms with Crippen molar-refractivity contribution in [2.24, 2.45) is 5.73 Å². The Hall–Kier alpha value is -0.800. The lowest BCUT2D eigenvalue weighted by molar-refractivity contribution is 0.462. The third-order valence-electron chi connectivity index (χ3n) is 1.27. The molecule has 0 aliphatic heterocycles.